The molecule has 0 aliphatic heterocycles. The molecule has 140 valence electrons. The monoisotopic (exact) mass is 377 g/mol. The van der Waals surface area contributed by atoms with E-state index in [4.69, 9.17) is 8.83 Å². The summed E-state index contributed by atoms with van der Waals surface area (Å²) in [5.74, 6) is -1.38. The fraction of sp³-hybridized carbons (Fsp3) is 0.0952. The largest absolute Gasteiger partial charge is 0.618 e. The van der Waals surface area contributed by atoms with Crippen molar-refractivity contribution in [1.82, 2.24) is 0 Å². The molecule has 0 fully saturated rings. The second-order valence-electron chi connectivity index (χ2n) is 6.25. The minimum Gasteiger partial charge on any atom is -0.618 e. The Morgan fingerprint density at radius 2 is 1.89 bits per heavy atom. The van der Waals surface area contributed by atoms with Crippen molar-refractivity contribution in [2.45, 2.75) is 12.3 Å². The molecule has 0 amide bonds. The molecular formula is C21H15NO6. The van der Waals surface area contributed by atoms with Gasteiger partial charge in [-0.1, -0.05) is 12.1 Å². The van der Waals surface area contributed by atoms with Crippen LogP contribution in [0.2, 0.25) is 0 Å². The number of nitrogens with zero attached hydrogens (tertiary/aromatic N) is 1. The van der Waals surface area contributed by atoms with Crippen LogP contribution in [0.4, 0.5) is 0 Å². The summed E-state index contributed by atoms with van der Waals surface area (Å²) < 4.78 is 11.2. The molecule has 7 heteroatoms. The molecule has 0 unspecified atom stereocenters. The van der Waals surface area contributed by atoms with Gasteiger partial charge in [0, 0.05) is 18.6 Å². The van der Waals surface area contributed by atoms with Gasteiger partial charge in [0.2, 0.25) is 5.78 Å². The Balaban J connectivity index is 1.85. The summed E-state index contributed by atoms with van der Waals surface area (Å²) >= 11 is 0. The number of hydrogen-bond acceptors (Lipinski definition) is 6. The van der Waals surface area contributed by atoms with Crippen LogP contribution in [0.15, 0.2) is 80.7 Å². The predicted octanol–water partition coefficient (Wildman–Crippen LogP) is 3.13. The summed E-state index contributed by atoms with van der Waals surface area (Å²) in [5.41, 5.74) is -0.689. The van der Waals surface area contributed by atoms with Crippen molar-refractivity contribution in [2.24, 2.45) is 0 Å². The van der Waals surface area contributed by atoms with Gasteiger partial charge >= 0.3 is 5.63 Å². The fourth-order valence-electron chi connectivity index (χ4n) is 3.22. The van der Waals surface area contributed by atoms with E-state index in [1.165, 1.54) is 24.6 Å². The van der Waals surface area contributed by atoms with Crippen LogP contribution in [0.25, 0.3) is 11.0 Å². The Labute approximate surface area is 158 Å². The summed E-state index contributed by atoms with van der Waals surface area (Å²) in [5, 5.41) is 23.0. The van der Waals surface area contributed by atoms with Gasteiger partial charge in [0.1, 0.15) is 17.1 Å². The zero-order chi connectivity index (χ0) is 19.7. The maximum Gasteiger partial charge on any atom is 0.343 e. The van der Waals surface area contributed by atoms with Gasteiger partial charge in [-0.3, -0.25) is 4.79 Å². The first-order chi connectivity index (χ1) is 13.6. The first-order valence-electron chi connectivity index (χ1n) is 8.55. The molecule has 0 aliphatic rings. The highest BCUT2D eigenvalue weighted by Gasteiger charge is 2.31. The lowest BCUT2D eigenvalue weighted by atomic mass is 9.90. The van der Waals surface area contributed by atoms with Crippen LogP contribution in [0.1, 0.15) is 34.2 Å². The molecule has 0 radical (unpaired) electrons. The topological polar surface area (TPSA) is 108 Å². The van der Waals surface area contributed by atoms with E-state index in [2.05, 4.69) is 0 Å². The number of hydrogen-bond donors (Lipinski definition) is 1. The van der Waals surface area contributed by atoms with Crippen molar-refractivity contribution >= 4 is 16.8 Å². The number of para-hydroxylation sites is 1. The van der Waals surface area contributed by atoms with Gasteiger partial charge < -0.3 is 19.1 Å². The molecule has 1 N–H and O–H groups in total. The number of pyridine rings is 1. The van der Waals surface area contributed by atoms with Crippen LogP contribution in [0.5, 0.6) is 5.75 Å². The quantitative estimate of drug-likeness (QED) is 0.248. The molecule has 3 heterocycles. The van der Waals surface area contributed by atoms with E-state index in [9.17, 15) is 19.9 Å². The third-order valence-electron chi connectivity index (χ3n) is 4.55. The zero-order valence-electron chi connectivity index (χ0n) is 14.6. The average molecular weight is 377 g/mol. The highest BCUT2D eigenvalue weighted by Crippen LogP contribution is 2.36. The molecule has 0 bridgehead atoms. The van der Waals surface area contributed by atoms with Gasteiger partial charge in [-0.15, -0.1) is 0 Å². The van der Waals surface area contributed by atoms with E-state index >= 15 is 0 Å². The van der Waals surface area contributed by atoms with E-state index in [1.807, 2.05) is 0 Å². The summed E-state index contributed by atoms with van der Waals surface area (Å²) in [4.78, 5) is 25.4. The Hall–Kier alpha value is -3.87. The maximum absolute atomic E-state index is 12.8. The molecule has 4 aromatic rings. The van der Waals surface area contributed by atoms with Crippen LogP contribution in [-0.4, -0.2) is 10.9 Å². The van der Waals surface area contributed by atoms with Gasteiger partial charge in [-0.2, -0.15) is 4.73 Å². The van der Waals surface area contributed by atoms with E-state index in [0.717, 1.165) is 0 Å². The summed E-state index contributed by atoms with van der Waals surface area (Å²) in [6, 6.07) is 14.3. The number of fused-ring (bicyclic) bond motifs is 1. The SMILES string of the molecule is O=C(C[C@H](c1ccco1)c1c(O)c2ccccc2oc1=O)c1cccc[n+]1[O-]. The lowest BCUT2D eigenvalue weighted by Crippen LogP contribution is -2.34. The summed E-state index contributed by atoms with van der Waals surface area (Å²) in [6.45, 7) is 0. The number of aromatic nitrogens is 1. The third-order valence-corrected chi connectivity index (χ3v) is 4.55. The van der Waals surface area contributed by atoms with Crippen LogP contribution in [0.3, 0.4) is 0 Å². The number of carbonyl (C=O) groups is 1. The second kappa shape index (κ2) is 7.03. The molecule has 0 saturated carbocycles. The molecule has 1 atom stereocenters. The van der Waals surface area contributed by atoms with Gasteiger partial charge in [-0.25, -0.2) is 4.79 Å². The van der Waals surface area contributed by atoms with Crippen molar-refractivity contribution in [2.75, 3.05) is 0 Å². The smallest absolute Gasteiger partial charge is 0.343 e. The number of aromatic hydroxyl groups is 1. The molecule has 1 aromatic carbocycles. The van der Waals surface area contributed by atoms with E-state index in [0.29, 0.717) is 15.9 Å². The lowest BCUT2D eigenvalue weighted by molar-refractivity contribution is -0.607. The van der Waals surface area contributed by atoms with Gasteiger partial charge in [0.25, 0.3) is 5.69 Å². The molecule has 0 spiro atoms. The van der Waals surface area contributed by atoms with Crippen LogP contribution < -0.4 is 10.4 Å². The standard InChI is InChI=1S/C21H15NO6/c23-16(15-7-3-4-10-22(15)26)12-14(17-9-5-11-27-17)19-20(24)13-6-1-2-8-18(13)28-21(19)25/h1-11,14,24H,12H2/t14-/m1/s1. The Morgan fingerprint density at radius 3 is 2.64 bits per heavy atom. The highest BCUT2D eigenvalue weighted by atomic mass is 16.5. The zero-order valence-corrected chi connectivity index (χ0v) is 14.6. The number of Topliss-reactive ketones (excluding diaryl/α,β-unsaturated/α-hetero) is 1. The van der Waals surface area contributed by atoms with Crippen molar-refractivity contribution in [3.63, 3.8) is 0 Å². The van der Waals surface area contributed by atoms with Gasteiger partial charge in [0.15, 0.2) is 6.20 Å². The highest BCUT2D eigenvalue weighted by molar-refractivity contribution is 5.94. The van der Waals surface area contributed by atoms with E-state index in [1.54, 1.807) is 42.5 Å². The Kier molecular flexibility index (Phi) is 4.41. The van der Waals surface area contributed by atoms with Crippen molar-refractivity contribution in [3.05, 3.63) is 99.7 Å². The molecule has 4 rings (SSSR count). The average Bonchev–Trinajstić information content (AvgIpc) is 3.22. The predicted molar refractivity (Wildman–Crippen MR) is 99.0 cm³/mol. The molecule has 3 aromatic heterocycles. The number of benzene rings is 1. The summed E-state index contributed by atoms with van der Waals surface area (Å²) in [7, 11) is 0. The Morgan fingerprint density at radius 1 is 1.11 bits per heavy atom. The van der Waals surface area contributed by atoms with Crippen LogP contribution >= 0.6 is 0 Å². The lowest BCUT2D eigenvalue weighted by Gasteiger charge is -2.15. The second-order valence-corrected chi connectivity index (χ2v) is 6.25. The molecular weight excluding hydrogens is 362 g/mol. The van der Waals surface area contributed by atoms with E-state index in [-0.39, 0.29) is 29.0 Å². The van der Waals surface area contributed by atoms with Crippen LogP contribution in [-0.2, 0) is 0 Å². The first kappa shape index (κ1) is 17.5. The fourth-order valence-corrected chi connectivity index (χ4v) is 3.22. The third kappa shape index (κ3) is 3.03. The van der Waals surface area contributed by atoms with Crippen molar-refractivity contribution in [3.8, 4) is 5.75 Å². The maximum atomic E-state index is 12.8. The number of ketones is 1. The normalized spacial score (nSPS) is 12.1. The number of furan rings is 1. The number of carbonyl (C=O) groups excluding carboxylic acids is 1. The summed E-state index contributed by atoms with van der Waals surface area (Å²) in [6.07, 6.45) is 2.37. The minimum atomic E-state index is -0.913. The number of rotatable bonds is 5. The van der Waals surface area contributed by atoms with Crippen molar-refractivity contribution in [1.29, 1.82) is 0 Å². The molecule has 7 nitrogen and oxygen atoms in total. The Bertz CT molecular complexity index is 1210. The first-order valence-corrected chi connectivity index (χ1v) is 8.55. The molecule has 28 heavy (non-hydrogen) atoms. The minimum absolute atomic E-state index is 0.0660. The van der Waals surface area contributed by atoms with Crippen molar-refractivity contribution < 1.29 is 23.5 Å². The molecule has 0 aliphatic carbocycles. The van der Waals surface area contributed by atoms with Gasteiger partial charge in [0.05, 0.1) is 23.1 Å². The molecule has 0 saturated heterocycles. The van der Waals surface area contributed by atoms with Crippen LogP contribution in [0, 0.1) is 5.21 Å². The van der Waals surface area contributed by atoms with Gasteiger partial charge in [-0.05, 0) is 30.3 Å². The van der Waals surface area contributed by atoms with E-state index < -0.39 is 17.3 Å².